The van der Waals surface area contributed by atoms with Crippen LogP contribution in [0.3, 0.4) is 0 Å². The van der Waals surface area contributed by atoms with Crippen LogP contribution in [0.2, 0.25) is 0 Å². The molecule has 1 aromatic heterocycles. The van der Waals surface area contributed by atoms with E-state index in [-0.39, 0.29) is 17.6 Å². The minimum atomic E-state index is -0.185. The number of carbonyl (C=O) groups excluding carboxylic acids is 1. The standard InChI is InChI=1S/C19H21N7O2S/c1-13(14-6-4-3-5-7-14)22-23-18-24-25-19(26(18)20)29-12-17(27)21-15-8-10-16(28-2)11-9-15/h3-11H,12,20H2,1-2H3,(H,21,27)(H,23,24)/b22-13+. The van der Waals surface area contributed by atoms with E-state index in [4.69, 9.17) is 10.6 Å². The Hall–Kier alpha value is -3.53. The first-order valence-electron chi connectivity index (χ1n) is 8.69. The summed E-state index contributed by atoms with van der Waals surface area (Å²) in [4.78, 5) is 12.1. The highest BCUT2D eigenvalue weighted by atomic mass is 32.2. The summed E-state index contributed by atoms with van der Waals surface area (Å²) in [5.74, 6) is 6.94. The molecule has 0 bridgehead atoms. The van der Waals surface area contributed by atoms with Gasteiger partial charge in [0.05, 0.1) is 18.6 Å². The zero-order valence-corrected chi connectivity index (χ0v) is 16.8. The molecular formula is C19H21N7O2S. The molecule has 3 aromatic rings. The van der Waals surface area contributed by atoms with Gasteiger partial charge in [0.2, 0.25) is 11.1 Å². The molecule has 9 nitrogen and oxygen atoms in total. The summed E-state index contributed by atoms with van der Waals surface area (Å²) in [6.45, 7) is 1.87. The number of carbonyl (C=O) groups is 1. The average molecular weight is 411 g/mol. The number of benzene rings is 2. The molecule has 0 fully saturated rings. The van der Waals surface area contributed by atoms with Gasteiger partial charge in [-0.1, -0.05) is 42.1 Å². The number of anilines is 2. The van der Waals surface area contributed by atoms with Gasteiger partial charge in [-0.3, -0.25) is 4.79 Å². The van der Waals surface area contributed by atoms with Crippen LogP contribution in [-0.2, 0) is 4.79 Å². The second-order valence-electron chi connectivity index (χ2n) is 5.92. The molecule has 10 heteroatoms. The van der Waals surface area contributed by atoms with E-state index >= 15 is 0 Å². The van der Waals surface area contributed by atoms with Crippen molar-refractivity contribution in [3.05, 3.63) is 60.2 Å². The van der Waals surface area contributed by atoms with Crippen molar-refractivity contribution in [2.45, 2.75) is 12.1 Å². The second kappa shape index (κ2) is 9.60. The lowest BCUT2D eigenvalue weighted by atomic mass is 10.1. The second-order valence-corrected chi connectivity index (χ2v) is 6.86. The normalized spacial score (nSPS) is 11.2. The molecular weight excluding hydrogens is 390 g/mol. The van der Waals surface area contributed by atoms with Gasteiger partial charge in [0.15, 0.2) is 0 Å². The Labute approximate surface area is 172 Å². The third kappa shape index (κ3) is 5.48. The first-order chi connectivity index (χ1) is 14.1. The first-order valence-corrected chi connectivity index (χ1v) is 9.68. The maximum atomic E-state index is 12.1. The molecule has 0 unspecified atom stereocenters. The minimum Gasteiger partial charge on any atom is -0.497 e. The van der Waals surface area contributed by atoms with Crippen LogP contribution >= 0.6 is 11.8 Å². The number of ether oxygens (including phenoxy) is 1. The smallest absolute Gasteiger partial charge is 0.264 e. The lowest BCUT2D eigenvalue weighted by Crippen LogP contribution is -2.17. The van der Waals surface area contributed by atoms with E-state index in [0.717, 1.165) is 17.0 Å². The molecule has 4 N–H and O–H groups in total. The SMILES string of the molecule is COc1ccc(NC(=O)CSc2nnc(N/N=C(\C)c3ccccc3)n2N)cc1. The van der Waals surface area contributed by atoms with Crippen molar-refractivity contribution in [2.24, 2.45) is 5.10 Å². The van der Waals surface area contributed by atoms with Crippen molar-refractivity contribution in [1.29, 1.82) is 0 Å². The fourth-order valence-electron chi connectivity index (χ4n) is 2.33. The van der Waals surface area contributed by atoms with Gasteiger partial charge >= 0.3 is 0 Å². The summed E-state index contributed by atoms with van der Waals surface area (Å²) in [5.41, 5.74) is 5.23. The molecule has 0 spiro atoms. The van der Waals surface area contributed by atoms with Crippen molar-refractivity contribution in [1.82, 2.24) is 14.9 Å². The summed E-state index contributed by atoms with van der Waals surface area (Å²) in [7, 11) is 1.59. The van der Waals surface area contributed by atoms with Crippen molar-refractivity contribution in [2.75, 3.05) is 29.4 Å². The van der Waals surface area contributed by atoms with E-state index in [9.17, 15) is 4.79 Å². The Morgan fingerprint density at radius 2 is 1.90 bits per heavy atom. The van der Waals surface area contributed by atoms with Gasteiger partial charge in [0.25, 0.3) is 5.95 Å². The molecule has 0 atom stereocenters. The molecule has 0 radical (unpaired) electrons. The van der Waals surface area contributed by atoms with Crippen molar-refractivity contribution in [3.8, 4) is 5.75 Å². The van der Waals surface area contributed by atoms with Gasteiger partial charge in [-0.25, -0.2) is 10.1 Å². The third-order valence-electron chi connectivity index (χ3n) is 3.89. The maximum absolute atomic E-state index is 12.1. The van der Waals surface area contributed by atoms with Gasteiger partial charge in [0, 0.05) is 5.69 Å². The zero-order valence-electron chi connectivity index (χ0n) is 16.0. The Morgan fingerprint density at radius 1 is 1.17 bits per heavy atom. The summed E-state index contributed by atoms with van der Waals surface area (Å²) in [6, 6.07) is 16.8. The van der Waals surface area contributed by atoms with Gasteiger partial charge in [0.1, 0.15) is 5.75 Å². The zero-order chi connectivity index (χ0) is 20.6. The summed E-state index contributed by atoms with van der Waals surface area (Å²) in [6.07, 6.45) is 0. The molecule has 1 amide bonds. The van der Waals surface area contributed by atoms with Gasteiger partial charge in [-0.05, 0) is 36.8 Å². The number of nitrogen functional groups attached to an aromatic ring is 1. The van der Waals surface area contributed by atoms with Gasteiger partial charge in [-0.2, -0.15) is 5.10 Å². The van der Waals surface area contributed by atoms with Crippen molar-refractivity contribution in [3.63, 3.8) is 0 Å². The largest absolute Gasteiger partial charge is 0.497 e. The summed E-state index contributed by atoms with van der Waals surface area (Å²) in [5, 5.41) is 15.4. The Morgan fingerprint density at radius 3 is 2.59 bits per heavy atom. The molecule has 0 aliphatic carbocycles. The van der Waals surface area contributed by atoms with Crippen molar-refractivity contribution < 1.29 is 9.53 Å². The van der Waals surface area contributed by atoms with Gasteiger partial charge < -0.3 is 15.9 Å². The van der Waals surface area contributed by atoms with Crippen LogP contribution in [0.5, 0.6) is 5.75 Å². The van der Waals surface area contributed by atoms with Crippen LogP contribution in [0.15, 0.2) is 64.9 Å². The van der Waals surface area contributed by atoms with Crippen LogP contribution in [0.1, 0.15) is 12.5 Å². The van der Waals surface area contributed by atoms with E-state index < -0.39 is 0 Å². The summed E-state index contributed by atoms with van der Waals surface area (Å²) < 4.78 is 6.35. The van der Waals surface area contributed by atoms with E-state index in [1.54, 1.807) is 31.4 Å². The Kier molecular flexibility index (Phi) is 6.69. The topological polar surface area (TPSA) is 119 Å². The molecule has 29 heavy (non-hydrogen) atoms. The number of nitrogens with zero attached hydrogens (tertiary/aromatic N) is 4. The number of hydrazone groups is 1. The molecule has 0 aliphatic rings. The monoisotopic (exact) mass is 411 g/mol. The lowest BCUT2D eigenvalue weighted by Gasteiger charge is -2.06. The van der Waals surface area contributed by atoms with E-state index in [2.05, 4.69) is 26.0 Å². The fourth-order valence-corrected chi connectivity index (χ4v) is 2.99. The molecule has 3 rings (SSSR count). The van der Waals surface area contributed by atoms with E-state index in [1.807, 2.05) is 37.3 Å². The van der Waals surface area contributed by atoms with Crippen molar-refractivity contribution >= 4 is 35.0 Å². The maximum Gasteiger partial charge on any atom is 0.264 e. The van der Waals surface area contributed by atoms with Crippen LogP contribution in [-0.4, -0.2) is 39.4 Å². The van der Waals surface area contributed by atoms with Gasteiger partial charge in [-0.15, -0.1) is 10.2 Å². The van der Waals surface area contributed by atoms with Crippen LogP contribution < -0.4 is 21.3 Å². The number of amides is 1. The molecule has 0 saturated heterocycles. The highest BCUT2D eigenvalue weighted by molar-refractivity contribution is 7.99. The Balaban J connectivity index is 1.54. The quantitative estimate of drug-likeness (QED) is 0.225. The van der Waals surface area contributed by atoms with E-state index in [0.29, 0.717) is 10.8 Å². The summed E-state index contributed by atoms with van der Waals surface area (Å²) >= 11 is 1.17. The number of aromatic nitrogens is 3. The van der Waals surface area contributed by atoms with Crippen LogP contribution in [0, 0.1) is 0 Å². The highest BCUT2D eigenvalue weighted by Gasteiger charge is 2.12. The van der Waals surface area contributed by atoms with Crippen LogP contribution in [0.4, 0.5) is 11.6 Å². The predicted octanol–water partition coefficient (Wildman–Crippen LogP) is 2.57. The predicted molar refractivity (Wildman–Crippen MR) is 115 cm³/mol. The number of hydrogen-bond donors (Lipinski definition) is 3. The molecule has 150 valence electrons. The molecule has 2 aromatic carbocycles. The average Bonchev–Trinajstić information content (AvgIpc) is 3.11. The number of nitrogens with one attached hydrogen (secondary N) is 2. The first kappa shape index (κ1) is 20.2. The third-order valence-corrected chi connectivity index (χ3v) is 4.83. The fraction of sp³-hybridized carbons (Fsp3) is 0.158. The lowest BCUT2D eigenvalue weighted by molar-refractivity contribution is -0.113. The Bertz CT molecular complexity index is 988. The van der Waals surface area contributed by atoms with E-state index in [1.165, 1.54) is 16.4 Å². The number of rotatable bonds is 8. The number of methoxy groups -OCH3 is 1. The minimum absolute atomic E-state index is 0.133. The molecule has 0 aliphatic heterocycles. The molecule has 1 heterocycles. The highest BCUT2D eigenvalue weighted by Crippen LogP contribution is 2.19. The van der Waals surface area contributed by atoms with Crippen LogP contribution in [0.25, 0.3) is 0 Å². The number of thioether (sulfide) groups is 1. The number of nitrogens with two attached hydrogens (primary N) is 1. The molecule has 0 saturated carbocycles. The number of hydrogen-bond acceptors (Lipinski definition) is 8.